The Morgan fingerprint density at radius 2 is 1.64 bits per heavy atom. The van der Waals surface area contributed by atoms with Gasteiger partial charge in [0.1, 0.15) is 5.82 Å². The molecule has 0 unspecified atom stereocenters. The molecule has 0 saturated heterocycles. The van der Waals surface area contributed by atoms with E-state index in [2.05, 4.69) is 10.0 Å². The fourth-order valence-corrected chi connectivity index (χ4v) is 3.52. The first-order chi connectivity index (χ1) is 11.8. The van der Waals surface area contributed by atoms with Crippen molar-refractivity contribution in [2.75, 3.05) is 10.0 Å². The fraction of sp³-hybridized carbons (Fsp3) is 0.188. The number of benzene rings is 2. The van der Waals surface area contributed by atoms with Gasteiger partial charge < -0.3 is 5.32 Å². The minimum absolute atomic E-state index is 0.00772. The van der Waals surface area contributed by atoms with Crippen LogP contribution in [0.5, 0.6) is 0 Å². The van der Waals surface area contributed by atoms with E-state index in [0.29, 0.717) is 12.8 Å². The predicted molar refractivity (Wildman–Crippen MR) is 86.3 cm³/mol. The maximum atomic E-state index is 13.8. The van der Waals surface area contributed by atoms with Gasteiger partial charge in [-0.1, -0.05) is 0 Å². The number of carbonyl (C=O) groups is 1. The van der Waals surface area contributed by atoms with Crippen molar-refractivity contribution in [1.29, 1.82) is 0 Å². The summed E-state index contributed by atoms with van der Waals surface area (Å²) in [6, 6.07) is 5.96. The van der Waals surface area contributed by atoms with Gasteiger partial charge in [-0.2, -0.15) is 0 Å². The average Bonchev–Trinajstić information content (AvgIpc) is 3.38. The van der Waals surface area contributed by atoms with Crippen molar-refractivity contribution in [3.05, 3.63) is 59.4 Å². The lowest BCUT2D eigenvalue weighted by Crippen LogP contribution is -2.19. The van der Waals surface area contributed by atoms with Crippen molar-refractivity contribution in [1.82, 2.24) is 0 Å². The number of sulfonamides is 1. The first kappa shape index (κ1) is 17.3. The van der Waals surface area contributed by atoms with Crippen molar-refractivity contribution >= 4 is 27.3 Å². The Hall–Kier alpha value is -2.55. The maximum absolute atomic E-state index is 13.8. The summed E-state index contributed by atoms with van der Waals surface area (Å²) in [6.07, 6.45) is 1.01. The Kier molecular flexibility index (Phi) is 4.42. The highest BCUT2D eigenvalue weighted by Gasteiger charge is 2.36. The summed E-state index contributed by atoms with van der Waals surface area (Å²) >= 11 is 0. The molecule has 1 aliphatic carbocycles. The molecule has 1 fully saturated rings. The third-order valence-electron chi connectivity index (χ3n) is 3.62. The van der Waals surface area contributed by atoms with Gasteiger partial charge in [0.2, 0.25) is 10.0 Å². The Morgan fingerprint density at radius 3 is 2.28 bits per heavy atom. The third-order valence-corrected chi connectivity index (χ3v) is 5.47. The lowest BCUT2D eigenvalue weighted by Gasteiger charge is -2.10. The lowest BCUT2D eigenvalue weighted by molar-refractivity contribution is 0.102. The van der Waals surface area contributed by atoms with E-state index in [1.165, 1.54) is 0 Å². The molecule has 1 aliphatic rings. The summed E-state index contributed by atoms with van der Waals surface area (Å²) in [5.74, 6) is -3.74. The second-order valence-electron chi connectivity index (χ2n) is 5.62. The van der Waals surface area contributed by atoms with Crippen molar-refractivity contribution in [3.8, 4) is 0 Å². The fourth-order valence-electron chi connectivity index (χ4n) is 2.14. The number of hydrogen-bond donors (Lipinski definition) is 2. The van der Waals surface area contributed by atoms with E-state index in [-0.39, 0.29) is 16.9 Å². The number of amides is 1. The molecule has 0 radical (unpaired) electrons. The highest BCUT2D eigenvalue weighted by Crippen LogP contribution is 2.30. The molecule has 0 spiro atoms. The van der Waals surface area contributed by atoms with Crippen LogP contribution >= 0.6 is 0 Å². The number of anilines is 2. The summed E-state index contributed by atoms with van der Waals surface area (Å²) in [5.41, 5.74) is -0.377. The minimum atomic E-state index is -3.69. The van der Waals surface area contributed by atoms with Gasteiger partial charge in [0.15, 0.2) is 11.6 Å². The van der Waals surface area contributed by atoms with Gasteiger partial charge in [0.05, 0.1) is 10.9 Å². The van der Waals surface area contributed by atoms with Crippen LogP contribution in [0, 0.1) is 17.5 Å². The summed E-state index contributed by atoms with van der Waals surface area (Å²) < 4.78 is 65.8. The van der Waals surface area contributed by atoms with Crippen LogP contribution in [-0.2, 0) is 10.0 Å². The number of carbonyl (C=O) groups excluding carboxylic acids is 1. The van der Waals surface area contributed by atoms with Crippen molar-refractivity contribution < 1.29 is 26.4 Å². The average molecular weight is 370 g/mol. The molecule has 2 aromatic rings. The molecule has 0 heterocycles. The number of hydrogen-bond acceptors (Lipinski definition) is 3. The van der Waals surface area contributed by atoms with Crippen molar-refractivity contribution in [3.63, 3.8) is 0 Å². The molecule has 0 aliphatic heterocycles. The van der Waals surface area contributed by atoms with Crippen LogP contribution < -0.4 is 10.0 Å². The van der Waals surface area contributed by atoms with Gasteiger partial charge in [0, 0.05) is 17.3 Å². The summed E-state index contributed by atoms with van der Waals surface area (Å²) in [7, 11) is -3.69. The Balaban J connectivity index is 1.80. The SMILES string of the molecule is O=C(Nc1ccc(F)c(F)c1)c1ccc(F)c(NS(=O)(=O)C2CC2)c1. The van der Waals surface area contributed by atoms with Gasteiger partial charge in [-0.3, -0.25) is 9.52 Å². The largest absolute Gasteiger partial charge is 0.322 e. The molecule has 5 nitrogen and oxygen atoms in total. The highest BCUT2D eigenvalue weighted by molar-refractivity contribution is 7.93. The molecular formula is C16H13F3N2O3S. The normalized spacial score (nSPS) is 14.2. The van der Waals surface area contributed by atoms with Crippen molar-refractivity contribution in [2.45, 2.75) is 18.1 Å². The van der Waals surface area contributed by atoms with E-state index < -0.39 is 38.6 Å². The smallest absolute Gasteiger partial charge is 0.255 e. The summed E-state index contributed by atoms with van der Waals surface area (Å²) in [5, 5.41) is 1.78. The molecule has 1 amide bonds. The first-order valence-corrected chi connectivity index (χ1v) is 8.88. The Morgan fingerprint density at radius 1 is 0.960 bits per heavy atom. The number of halogens is 3. The van der Waals surface area contributed by atoms with E-state index in [1.54, 1.807) is 0 Å². The zero-order chi connectivity index (χ0) is 18.2. The second kappa shape index (κ2) is 6.40. The highest BCUT2D eigenvalue weighted by atomic mass is 32.2. The molecule has 132 valence electrons. The maximum Gasteiger partial charge on any atom is 0.255 e. The topological polar surface area (TPSA) is 75.3 Å². The van der Waals surface area contributed by atoms with Crippen LogP contribution in [0.15, 0.2) is 36.4 Å². The predicted octanol–water partition coefficient (Wildman–Crippen LogP) is 3.26. The van der Waals surface area contributed by atoms with E-state index in [4.69, 9.17) is 0 Å². The second-order valence-corrected chi connectivity index (χ2v) is 7.58. The molecule has 25 heavy (non-hydrogen) atoms. The minimum Gasteiger partial charge on any atom is -0.322 e. The molecule has 3 rings (SSSR count). The van der Waals surface area contributed by atoms with Gasteiger partial charge in [-0.15, -0.1) is 0 Å². The molecule has 0 bridgehead atoms. The van der Waals surface area contributed by atoms with E-state index >= 15 is 0 Å². The van der Waals surface area contributed by atoms with E-state index in [0.717, 1.165) is 36.4 Å². The molecule has 0 aromatic heterocycles. The van der Waals surface area contributed by atoms with Crippen LogP contribution in [0.25, 0.3) is 0 Å². The third kappa shape index (κ3) is 3.93. The van der Waals surface area contributed by atoms with Crippen molar-refractivity contribution in [2.24, 2.45) is 0 Å². The molecule has 9 heteroatoms. The summed E-state index contributed by atoms with van der Waals surface area (Å²) in [6.45, 7) is 0. The van der Waals surface area contributed by atoms with E-state index in [9.17, 15) is 26.4 Å². The van der Waals surface area contributed by atoms with Crippen LogP contribution in [0.3, 0.4) is 0 Å². The first-order valence-electron chi connectivity index (χ1n) is 7.34. The van der Waals surface area contributed by atoms with Gasteiger partial charge >= 0.3 is 0 Å². The van der Waals surface area contributed by atoms with Crippen LogP contribution in [0.1, 0.15) is 23.2 Å². The van der Waals surface area contributed by atoms with Gasteiger partial charge in [0.25, 0.3) is 5.91 Å². The van der Waals surface area contributed by atoms with Crippen LogP contribution in [0.4, 0.5) is 24.5 Å². The lowest BCUT2D eigenvalue weighted by atomic mass is 10.1. The molecule has 2 aromatic carbocycles. The monoisotopic (exact) mass is 370 g/mol. The molecule has 0 atom stereocenters. The Bertz CT molecular complexity index is 944. The Labute approximate surface area is 141 Å². The number of rotatable bonds is 5. The quantitative estimate of drug-likeness (QED) is 0.848. The molecular weight excluding hydrogens is 357 g/mol. The standard InChI is InChI=1S/C16H13F3N2O3S/c17-12-6-2-10(8-14(12)19)20-16(22)9-1-5-13(18)15(7-9)21-25(23,24)11-3-4-11/h1-2,5-8,11,21H,3-4H2,(H,20,22). The molecule has 1 saturated carbocycles. The van der Waals surface area contributed by atoms with Crippen LogP contribution in [0.2, 0.25) is 0 Å². The zero-order valence-electron chi connectivity index (χ0n) is 12.7. The number of nitrogens with one attached hydrogen (secondary N) is 2. The molecule has 2 N–H and O–H groups in total. The van der Waals surface area contributed by atoms with Gasteiger partial charge in [-0.25, -0.2) is 21.6 Å². The zero-order valence-corrected chi connectivity index (χ0v) is 13.5. The van der Waals surface area contributed by atoms with Crippen LogP contribution in [-0.4, -0.2) is 19.6 Å². The van der Waals surface area contributed by atoms with Gasteiger partial charge in [-0.05, 0) is 43.2 Å². The summed E-state index contributed by atoms with van der Waals surface area (Å²) in [4.78, 5) is 12.2. The van der Waals surface area contributed by atoms with E-state index in [1.807, 2.05) is 0 Å².